The van der Waals surface area contributed by atoms with Crippen LogP contribution in [0.2, 0.25) is 5.02 Å². The number of aromatic hydroxyl groups is 1. The van der Waals surface area contributed by atoms with E-state index in [4.69, 9.17) is 11.6 Å². The molecule has 1 aromatic carbocycles. The Morgan fingerprint density at radius 3 is 2.73 bits per heavy atom. The van der Waals surface area contributed by atoms with Crippen LogP contribution in [0.25, 0.3) is 11.3 Å². The number of amides is 1. The molecule has 0 fully saturated rings. The van der Waals surface area contributed by atoms with Gasteiger partial charge in [-0.15, -0.1) is 0 Å². The number of hydrogen-bond donors (Lipinski definition) is 1. The molecular formula is C22H19ClFN3O3. The maximum absolute atomic E-state index is 14.0. The largest absolute Gasteiger partial charge is 0.503 e. The molecule has 0 spiro atoms. The number of rotatable bonds is 5. The molecule has 1 aliphatic heterocycles. The third-order valence-electron chi connectivity index (χ3n) is 5.20. The third kappa shape index (κ3) is 3.68. The fourth-order valence-electron chi connectivity index (χ4n) is 3.65. The van der Waals surface area contributed by atoms with E-state index < -0.39 is 22.9 Å². The van der Waals surface area contributed by atoms with Crippen LogP contribution in [0.4, 0.5) is 4.39 Å². The Hall–Kier alpha value is -3.19. The van der Waals surface area contributed by atoms with Crippen LogP contribution in [0.1, 0.15) is 22.5 Å². The van der Waals surface area contributed by atoms with Crippen molar-refractivity contribution in [2.75, 3.05) is 13.1 Å². The van der Waals surface area contributed by atoms with Crippen LogP contribution in [-0.2, 0) is 13.0 Å². The lowest BCUT2D eigenvalue weighted by Gasteiger charge is -2.30. The summed E-state index contributed by atoms with van der Waals surface area (Å²) < 4.78 is 15.6. The van der Waals surface area contributed by atoms with E-state index in [9.17, 15) is 19.1 Å². The average molecular weight is 428 g/mol. The number of pyridine rings is 2. The van der Waals surface area contributed by atoms with E-state index in [-0.39, 0.29) is 16.3 Å². The van der Waals surface area contributed by atoms with Crippen LogP contribution < -0.4 is 5.43 Å². The van der Waals surface area contributed by atoms with E-state index in [1.807, 2.05) is 0 Å². The minimum atomic E-state index is -0.629. The highest BCUT2D eigenvalue weighted by molar-refractivity contribution is 6.30. The number of fused-ring (bicyclic) bond motifs is 1. The van der Waals surface area contributed by atoms with Crippen LogP contribution >= 0.6 is 11.6 Å². The van der Waals surface area contributed by atoms with Gasteiger partial charge in [0.05, 0.1) is 16.3 Å². The highest BCUT2D eigenvalue weighted by atomic mass is 35.5. The number of nitrogens with zero attached hydrogens (tertiary/aromatic N) is 3. The summed E-state index contributed by atoms with van der Waals surface area (Å²) in [5.74, 6) is -1.44. The standard InChI is InChI=1S/C22H19ClFN3O3/c23-16-7-3-5-14(18(16)24)6-4-10-26-11-12-27-13-15(17-8-1-2-9-25-17)20(28)21(29)19(27)22(26)30/h1-3,5,7-9,13,29H,4,6,10-12H2. The van der Waals surface area contributed by atoms with Crippen LogP contribution in [-0.4, -0.2) is 38.6 Å². The summed E-state index contributed by atoms with van der Waals surface area (Å²) >= 11 is 5.81. The molecule has 1 N–H and O–H groups in total. The maximum atomic E-state index is 14.0. The first-order valence-corrected chi connectivity index (χ1v) is 9.95. The Kier molecular flexibility index (Phi) is 5.55. The highest BCUT2D eigenvalue weighted by Gasteiger charge is 2.29. The second-order valence-corrected chi connectivity index (χ2v) is 7.49. The summed E-state index contributed by atoms with van der Waals surface area (Å²) in [6, 6.07) is 10.0. The first-order valence-electron chi connectivity index (χ1n) is 9.57. The van der Waals surface area contributed by atoms with E-state index in [2.05, 4.69) is 4.98 Å². The van der Waals surface area contributed by atoms with E-state index in [0.717, 1.165) is 0 Å². The minimum Gasteiger partial charge on any atom is -0.503 e. The number of aromatic nitrogens is 2. The van der Waals surface area contributed by atoms with E-state index in [1.165, 1.54) is 6.07 Å². The van der Waals surface area contributed by atoms with Crippen molar-refractivity contribution in [2.24, 2.45) is 0 Å². The molecule has 154 valence electrons. The van der Waals surface area contributed by atoms with Gasteiger partial charge in [-0.05, 0) is 36.6 Å². The van der Waals surface area contributed by atoms with Gasteiger partial charge < -0.3 is 14.6 Å². The topological polar surface area (TPSA) is 75.4 Å². The smallest absolute Gasteiger partial charge is 0.274 e. The molecule has 0 aliphatic carbocycles. The van der Waals surface area contributed by atoms with Gasteiger partial charge >= 0.3 is 0 Å². The molecular weight excluding hydrogens is 409 g/mol. The molecule has 1 aliphatic rings. The summed E-state index contributed by atoms with van der Waals surface area (Å²) in [6.45, 7) is 1.23. The zero-order valence-electron chi connectivity index (χ0n) is 16.0. The molecule has 1 amide bonds. The Bertz CT molecular complexity index is 1160. The monoisotopic (exact) mass is 427 g/mol. The van der Waals surface area contributed by atoms with Crippen molar-refractivity contribution in [3.05, 3.63) is 81.1 Å². The van der Waals surface area contributed by atoms with Crippen LogP contribution in [0.15, 0.2) is 53.6 Å². The predicted octanol–water partition coefficient (Wildman–Crippen LogP) is 3.50. The number of hydrogen-bond acceptors (Lipinski definition) is 4. The van der Waals surface area contributed by atoms with E-state index in [0.29, 0.717) is 43.7 Å². The predicted molar refractivity (Wildman–Crippen MR) is 111 cm³/mol. The first kappa shape index (κ1) is 20.1. The molecule has 3 aromatic rings. The number of carbonyl (C=O) groups excluding carboxylic acids is 1. The van der Waals surface area contributed by atoms with Crippen molar-refractivity contribution >= 4 is 17.5 Å². The summed E-state index contributed by atoms with van der Waals surface area (Å²) in [5.41, 5.74) is 0.517. The van der Waals surface area contributed by atoms with Gasteiger partial charge in [-0.1, -0.05) is 29.8 Å². The molecule has 8 heteroatoms. The molecule has 2 aromatic heterocycles. The van der Waals surface area contributed by atoms with E-state index >= 15 is 0 Å². The second-order valence-electron chi connectivity index (χ2n) is 7.09. The lowest BCUT2D eigenvalue weighted by Crippen LogP contribution is -2.42. The van der Waals surface area contributed by atoms with Crippen molar-refractivity contribution in [3.63, 3.8) is 0 Å². The van der Waals surface area contributed by atoms with Crippen molar-refractivity contribution in [2.45, 2.75) is 19.4 Å². The van der Waals surface area contributed by atoms with Crippen molar-refractivity contribution in [1.29, 1.82) is 0 Å². The van der Waals surface area contributed by atoms with Gasteiger partial charge in [0.2, 0.25) is 5.43 Å². The van der Waals surface area contributed by atoms with Crippen LogP contribution in [0.3, 0.4) is 0 Å². The van der Waals surface area contributed by atoms with Gasteiger partial charge in [-0.3, -0.25) is 14.6 Å². The molecule has 6 nitrogen and oxygen atoms in total. The van der Waals surface area contributed by atoms with Gasteiger partial charge in [-0.2, -0.15) is 0 Å². The van der Waals surface area contributed by atoms with Crippen molar-refractivity contribution in [3.8, 4) is 17.0 Å². The van der Waals surface area contributed by atoms with E-state index in [1.54, 1.807) is 52.2 Å². The Labute approximate surface area is 177 Å². The van der Waals surface area contributed by atoms with Gasteiger partial charge in [0, 0.05) is 32.0 Å². The lowest BCUT2D eigenvalue weighted by molar-refractivity contribution is 0.0695. The maximum Gasteiger partial charge on any atom is 0.274 e. The second kappa shape index (κ2) is 8.28. The normalized spacial score (nSPS) is 13.4. The Morgan fingerprint density at radius 2 is 1.97 bits per heavy atom. The zero-order chi connectivity index (χ0) is 21.3. The highest BCUT2D eigenvalue weighted by Crippen LogP contribution is 2.24. The molecule has 0 radical (unpaired) electrons. The molecule has 0 unspecified atom stereocenters. The molecule has 0 saturated carbocycles. The van der Waals surface area contributed by atoms with Gasteiger partial charge in [0.25, 0.3) is 5.91 Å². The number of halogens is 2. The lowest BCUT2D eigenvalue weighted by atomic mass is 10.1. The fourth-order valence-corrected chi connectivity index (χ4v) is 3.84. The quantitative estimate of drug-likeness (QED) is 0.676. The molecule has 0 atom stereocenters. The van der Waals surface area contributed by atoms with Gasteiger partial charge in [0.15, 0.2) is 11.4 Å². The third-order valence-corrected chi connectivity index (χ3v) is 5.50. The minimum absolute atomic E-state index is 0.0279. The summed E-state index contributed by atoms with van der Waals surface area (Å²) in [5, 5.41) is 10.5. The first-order chi connectivity index (χ1) is 14.5. The van der Waals surface area contributed by atoms with Crippen molar-refractivity contribution in [1.82, 2.24) is 14.5 Å². The molecule has 0 saturated heterocycles. The Balaban J connectivity index is 1.53. The van der Waals surface area contributed by atoms with Crippen LogP contribution in [0.5, 0.6) is 5.75 Å². The molecule has 0 bridgehead atoms. The van der Waals surface area contributed by atoms with Crippen LogP contribution in [0, 0.1) is 5.82 Å². The number of benzene rings is 1. The SMILES string of the molecule is O=C1c2c(O)c(=O)c(-c3ccccn3)cn2CCN1CCCc1cccc(Cl)c1F. The summed E-state index contributed by atoms with van der Waals surface area (Å²) in [6.07, 6.45) is 4.08. The van der Waals surface area contributed by atoms with Crippen molar-refractivity contribution < 1.29 is 14.3 Å². The number of carbonyl (C=O) groups is 1. The average Bonchev–Trinajstić information content (AvgIpc) is 2.75. The molecule has 3 heterocycles. The summed E-state index contributed by atoms with van der Waals surface area (Å²) in [7, 11) is 0. The molecule has 30 heavy (non-hydrogen) atoms. The Morgan fingerprint density at radius 1 is 1.13 bits per heavy atom. The number of aryl methyl sites for hydroxylation is 1. The van der Waals surface area contributed by atoms with Gasteiger partial charge in [-0.25, -0.2) is 4.39 Å². The zero-order valence-corrected chi connectivity index (χ0v) is 16.8. The fraction of sp³-hybridized carbons (Fsp3) is 0.227. The summed E-state index contributed by atoms with van der Waals surface area (Å²) in [4.78, 5) is 31.3. The van der Waals surface area contributed by atoms with Gasteiger partial charge in [0.1, 0.15) is 5.82 Å². The molecule has 4 rings (SSSR count).